The Bertz CT molecular complexity index is 787. The van der Waals surface area contributed by atoms with Crippen LogP contribution < -0.4 is 14.2 Å². The zero-order valence-corrected chi connectivity index (χ0v) is 17.3. The number of ether oxygens (including phenoxy) is 3. The first-order valence-corrected chi connectivity index (χ1v) is 10.4. The molecule has 0 saturated carbocycles. The second-order valence-corrected chi connectivity index (χ2v) is 8.24. The Hall–Kier alpha value is -1.72. The molecule has 0 N–H and O–H groups in total. The summed E-state index contributed by atoms with van der Waals surface area (Å²) >= 11 is 3.69. The largest absolute Gasteiger partial charge is 0.497 e. The molecule has 0 bridgehead atoms. The zero-order chi connectivity index (χ0) is 18.6. The monoisotopic (exact) mass is 431 g/mol. The van der Waals surface area contributed by atoms with Gasteiger partial charge in [0.25, 0.3) is 0 Å². The van der Waals surface area contributed by atoms with E-state index in [1.807, 2.05) is 12.1 Å². The Labute approximate surface area is 169 Å². The molecule has 0 aliphatic carbocycles. The average Bonchev–Trinajstić information content (AvgIpc) is 3.17. The molecule has 4 nitrogen and oxygen atoms in total. The summed E-state index contributed by atoms with van der Waals surface area (Å²) in [6.07, 6.45) is 4.69. The second kappa shape index (κ2) is 8.53. The van der Waals surface area contributed by atoms with Gasteiger partial charge in [0.15, 0.2) is 11.5 Å². The van der Waals surface area contributed by atoms with E-state index in [-0.39, 0.29) is 0 Å². The van der Waals surface area contributed by atoms with Crippen LogP contribution in [0.3, 0.4) is 0 Å². The van der Waals surface area contributed by atoms with E-state index < -0.39 is 0 Å². The van der Waals surface area contributed by atoms with Gasteiger partial charge < -0.3 is 19.1 Å². The van der Waals surface area contributed by atoms with E-state index in [1.54, 1.807) is 7.11 Å². The molecule has 0 atom stereocenters. The van der Waals surface area contributed by atoms with Gasteiger partial charge >= 0.3 is 0 Å². The van der Waals surface area contributed by atoms with Crippen molar-refractivity contribution >= 4 is 15.9 Å². The Balaban J connectivity index is 1.25. The molecule has 1 saturated heterocycles. The normalized spacial score (nSPS) is 17.3. The number of piperidine rings is 1. The minimum absolute atomic E-state index is 0.343. The zero-order valence-electron chi connectivity index (χ0n) is 15.7. The van der Waals surface area contributed by atoms with Crippen LogP contribution in [0.4, 0.5) is 0 Å². The Morgan fingerprint density at radius 2 is 1.89 bits per heavy atom. The third kappa shape index (κ3) is 4.58. The van der Waals surface area contributed by atoms with Gasteiger partial charge in [-0.05, 0) is 86.1 Å². The number of benzene rings is 2. The third-order valence-electron chi connectivity index (χ3n) is 5.62. The number of methoxy groups -OCH3 is 1. The van der Waals surface area contributed by atoms with E-state index >= 15 is 0 Å². The Morgan fingerprint density at radius 1 is 1.07 bits per heavy atom. The van der Waals surface area contributed by atoms with Crippen LogP contribution in [-0.2, 0) is 12.8 Å². The van der Waals surface area contributed by atoms with Crippen LogP contribution in [0, 0.1) is 5.92 Å². The lowest BCUT2D eigenvalue weighted by atomic mass is 9.90. The molecule has 0 radical (unpaired) electrons. The molecule has 27 heavy (non-hydrogen) atoms. The molecule has 1 fully saturated rings. The highest BCUT2D eigenvalue weighted by Gasteiger charge is 2.21. The van der Waals surface area contributed by atoms with E-state index in [9.17, 15) is 0 Å². The minimum atomic E-state index is 0.343. The maximum Gasteiger partial charge on any atom is 0.231 e. The molecule has 144 valence electrons. The van der Waals surface area contributed by atoms with Gasteiger partial charge in [-0.25, -0.2) is 0 Å². The molecule has 0 amide bonds. The summed E-state index contributed by atoms with van der Waals surface area (Å²) in [4.78, 5) is 2.59. The summed E-state index contributed by atoms with van der Waals surface area (Å²) in [5.41, 5.74) is 2.68. The second-order valence-electron chi connectivity index (χ2n) is 7.38. The Morgan fingerprint density at radius 3 is 2.70 bits per heavy atom. The molecular formula is C22H26BrNO3. The fourth-order valence-electron chi connectivity index (χ4n) is 3.94. The summed E-state index contributed by atoms with van der Waals surface area (Å²) in [5.74, 6) is 3.43. The van der Waals surface area contributed by atoms with Crippen molar-refractivity contribution in [3.63, 3.8) is 0 Å². The van der Waals surface area contributed by atoms with E-state index in [4.69, 9.17) is 14.2 Å². The summed E-state index contributed by atoms with van der Waals surface area (Å²) in [6.45, 7) is 3.80. The first-order chi connectivity index (χ1) is 13.2. The van der Waals surface area contributed by atoms with Gasteiger partial charge in [-0.15, -0.1) is 0 Å². The number of nitrogens with zero attached hydrogens (tertiary/aromatic N) is 1. The number of hydrogen-bond acceptors (Lipinski definition) is 4. The third-order valence-corrected chi connectivity index (χ3v) is 6.40. The molecule has 0 aromatic heterocycles. The smallest absolute Gasteiger partial charge is 0.231 e. The topological polar surface area (TPSA) is 30.9 Å². The van der Waals surface area contributed by atoms with Crippen molar-refractivity contribution in [1.82, 2.24) is 4.90 Å². The van der Waals surface area contributed by atoms with Crippen molar-refractivity contribution < 1.29 is 14.2 Å². The van der Waals surface area contributed by atoms with Gasteiger partial charge in [0, 0.05) is 11.0 Å². The Kier molecular flexibility index (Phi) is 5.89. The molecule has 2 aromatic rings. The van der Waals surface area contributed by atoms with Crippen LogP contribution in [0.25, 0.3) is 0 Å². The highest BCUT2D eigenvalue weighted by molar-refractivity contribution is 9.10. The lowest BCUT2D eigenvalue weighted by molar-refractivity contribution is 0.174. The maximum atomic E-state index is 5.48. The van der Waals surface area contributed by atoms with Crippen LogP contribution in [0.1, 0.15) is 24.0 Å². The number of likely N-dealkylation sites (tertiary alicyclic amines) is 1. The predicted octanol–water partition coefficient (Wildman–Crippen LogP) is 4.68. The summed E-state index contributed by atoms with van der Waals surface area (Å²) in [6, 6.07) is 12.6. The fourth-order valence-corrected chi connectivity index (χ4v) is 4.35. The molecule has 0 spiro atoms. The first-order valence-electron chi connectivity index (χ1n) is 9.64. The SMILES string of the molecule is COc1ccc(Br)c(CC2CCN(CCc3ccc4c(c3)OCO4)CC2)c1. The summed E-state index contributed by atoms with van der Waals surface area (Å²) < 4.78 is 17.4. The first kappa shape index (κ1) is 18.6. The van der Waals surface area contributed by atoms with Gasteiger partial charge in [0.05, 0.1) is 7.11 Å². The van der Waals surface area contributed by atoms with Gasteiger partial charge in [-0.3, -0.25) is 0 Å². The average molecular weight is 432 g/mol. The number of halogens is 1. The van der Waals surface area contributed by atoms with E-state index in [2.05, 4.69) is 45.1 Å². The van der Waals surface area contributed by atoms with Crippen molar-refractivity contribution in [2.24, 2.45) is 5.92 Å². The van der Waals surface area contributed by atoms with E-state index in [0.29, 0.717) is 6.79 Å². The molecule has 5 heteroatoms. The lowest BCUT2D eigenvalue weighted by Gasteiger charge is -2.32. The number of rotatable bonds is 6. The molecular weight excluding hydrogens is 406 g/mol. The predicted molar refractivity (Wildman–Crippen MR) is 110 cm³/mol. The fraction of sp³-hybridized carbons (Fsp3) is 0.455. The minimum Gasteiger partial charge on any atom is -0.497 e. The van der Waals surface area contributed by atoms with Gasteiger partial charge in [-0.2, -0.15) is 0 Å². The standard InChI is InChI=1S/C22H26BrNO3/c1-25-19-3-4-20(23)18(14-19)12-17-7-10-24(11-8-17)9-6-16-2-5-21-22(13-16)27-15-26-21/h2-5,13-14,17H,6-12,15H2,1H3. The van der Waals surface area contributed by atoms with Crippen molar-refractivity contribution in [3.8, 4) is 17.2 Å². The van der Waals surface area contributed by atoms with E-state index in [1.165, 1.54) is 41.5 Å². The number of hydrogen-bond donors (Lipinski definition) is 0. The summed E-state index contributed by atoms with van der Waals surface area (Å²) in [7, 11) is 1.73. The highest BCUT2D eigenvalue weighted by atomic mass is 79.9. The van der Waals surface area contributed by atoms with Crippen LogP contribution in [0.2, 0.25) is 0 Å². The van der Waals surface area contributed by atoms with Gasteiger partial charge in [0.2, 0.25) is 6.79 Å². The van der Waals surface area contributed by atoms with Crippen molar-refractivity contribution in [2.45, 2.75) is 25.7 Å². The quantitative estimate of drug-likeness (QED) is 0.663. The van der Waals surface area contributed by atoms with Gasteiger partial charge in [-0.1, -0.05) is 22.0 Å². The van der Waals surface area contributed by atoms with Crippen molar-refractivity contribution in [1.29, 1.82) is 0 Å². The molecule has 2 aromatic carbocycles. The number of fused-ring (bicyclic) bond motifs is 1. The molecule has 2 heterocycles. The lowest BCUT2D eigenvalue weighted by Crippen LogP contribution is -2.35. The van der Waals surface area contributed by atoms with Crippen LogP contribution in [0.5, 0.6) is 17.2 Å². The van der Waals surface area contributed by atoms with Gasteiger partial charge in [0.1, 0.15) is 5.75 Å². The van der Waals surface area contributed by atoms with Crippen LogP contribution in [0.15, 0.2) is 40.9 Å². The summed E-state index contributed by atoms with van der Waals surface area (Å²) in [5, 5.41) is 0. The molecule has 0 unspecified atom stereocenters. The highest BCUT2D eigenvalue weighted by Crippen LogP contribution is 2.33. The van der Waals surface area contributed by atoms with E-state index in [0.717, 1.165) is 42.6 Å². The molecule has 2 aliphatic rings. The van der Waals surface area contributed by atoms with Crippen LogP contribution >= 0.6 is 15.9 Å². The van der Waals surface area contributed by atoms with Crippen molar-refractivity contribution in [2.75, 3.05) is 33.5 Å². The maximum absolute atomic E-state index is 5.48. The molecule has 2 aliphatic heterocycles. The van der Waals surface area contributed by atoms with Crippen LogP contribution in [-0.4, -0.2) is 38.4 Å². The van der Waals surface area contributed by atoms with Crippen molar-refractivity contribution in [3.05, 3.63) is 52.0 Å². The molecule has 4 rings (SSSR count).